The number of rotatable bonds is 7. The van der Waals surface area contributed by atoms with Crippen molar-refractivity contribution in [2.45, 2.75) is 46.1 Å². The number of hydrogen-bond acceptors (Lipinski definition) is 5. The van der Waals surface area contributed by atoms with Crippen molar-refractivity contribution in [2.24, 2.45) is 0 Å². The normalized spacial score (nSPS) is 16.8. The molecule has 2 rings (SSSR count). The van der Waals surface area contributed by atoms with E-state index in [9.17, 15) is 14.4 Å². The smallest absolute Gasteiger partial charge is 0.328 e. The average molecular weight is 389 g/mol. The highest BCUT2D eigenvalue weighted by Crippen LogP contribution is 2.20. The standard InChI is InChI=1S/C21H31N3O4/c1-5-28-21(27)17-11-6-7-12-24(17)19(26)14-23(4)13-18(25)22-20-15(2)9-8-10-16(20)3/h8-10,17H,5-7,11-14H2,1-4H3,(H,22,25)/t17-/m1/s1. The fraction of sp³-hybridized carbons (Fsp3) is 0.571. The summed E-state index contributed by atoms with van der Waals surface area (Å²) in [5.41, 5.74) is 2.81. The molecular formula is C21H31N3O4. The molecule has 0 saturated carbocycles. The number of benzene rings is 1. The third-order valence-corrected chi connectivity index (χ3v) is 4.95. The molecular weight excluding hydrogens is 358 g/mol. The van der Waals surface area contributed by atoms with Gasteiger partial charge in [0, 0.05) is 12.2 Å². The van der Waals surface area contributed by atoms with Crippen molar-refractivity contribution >= 4 is 23.5 Å². The van der Waals surface area contributed by atoms with Crippen molar-refractivity contribution < 1.29 is 19.1 Å². The Morgan fingerprint density at radius 3 is 2.50 bits per heavy atom. The molecule has 7 heteroatoms. The van der Waals surface area contributed by atoms with Crippen LogP contribution in [0.4, 0.5) is 5.69 Å². The Balaban J connectivity index is 1.92. The lowest BCUT2D eigenvalue weighted by molar-refractivity contribution is -0.157. The van der Waals surface area contributed by atoms with E-state index in [1.165, 1.54) is 0 Å². The number of carbonyl (C=O) groups is 3. The molecule has 1 heterocycles. The Labute approximate surface area is 167 Å². The number of nitrogens with zero attached hydrogens (tertiary/aromatic N) is 2. The molecule has 1 N–H and O–H groups in total. The largest absolute Gasteiger partial charge is 0.464 e. The summed E-state index contributed by atoms with van der Waals surface area (Å²) in [7, 11) is 1.73. The van der Waals surface area contributed by atoms with Crippen LogP contribution >= 0.6 is 0 Å². The summed E-state index contributed by atoms with van der Waals surface area (Å²) in [5.74, 6) is -0.667. The molecule has 0 bridgehead atoms. The monoisotopic (exact) mass is 389 g/mol. The van der Waals surface area contributed by atoms with Crippen LogP contribution in [-0.2, 0) is 19.1 Å². The van der Waals surface area contributed by atoms with Crippen LogP contribution < -0.4 is 5.32 Å². The second-order valence-electron chi connectivity index (χ2n) is 7.34. The van der Waals surface area contributed by atoms with Crippen molar-refractivity contribution in [3.05, 3.63) is 29.3 Å². The van der Waals surface area contributed by atoms with Gasteiger partial charge in [-0.15, -0.1) is 0 Å². The first-order chi connectivity index (χ1) is 13.3. The molecule has 1 aliphatic heterocycles. The van der Waals surface area contributed by atoms with Gasteiger partial charge in [0.15, 0.2) is 0 Å². The van der Waals surface area contributed by atoms with E-state index in [0.29, 0.717) is 19.6 Å². The predicted octanol–water partition coefficient (Wildman–Crippen LogP) is 2.12. The number of piperidine rings is 1. The molecule has 1 aromatic rings. The van der Waals surface area contributed by atoms with E-state index in [2.05, 4.69) is 5.32 Å². The summed E-state index contributed by atoms with van der Waals surface area (Å²) in [6.07, 6.45) is 2.40. The van der Waals surface area contributed by atoms with Crippen LogP contribution in [0.5, 0.6) is 0 Å². The second-order valence-corrected chi connectivity index (χ2v) is 7.34. The molecule has 0 unspecified atom stereocenters. The van der Waals surface area contributed by atoms with E-state index >= 15 is 0 Å². The Bertz CT molecular complexity index is 699. The second kappa shape index (κ2) is 10.2. The summed E-state index contributed by atoms with van der Waals surface area (Å²) in [6, 6.07) is 5.32. The minimum atomic E-state index is -0.516. The van der Waals surface area contributed by atoms with Crippen LogP contribution in [0.3, 0.4) is 0 Å². The number of likely N-dealkylation sites (tertiary alicyclic amines) is 1. The van der Waals surface area contributed by atoms with Crippen molar-refractivity contribution in [3.63, 3.8) is 0 Å². The maximum atomic E-state index is 12.7. The van der Waals surface area contributed by atoms with Crippen LogP contribution in [0.25, 0.3) is 0 Å². The Morgan fingerprint density at radius 1 is 1.18 bits per heavy atom. The SMILES string of the molecule is CCOC(=O)[C@H]1CCCCN1C(=O)CN(C)CC(=O)Nc1c(C)cccc1C. The first kappa shape index (κ1) is 21.9. The molecule has 1 atom stereocenters. The molecule has 1 saturated heterocycles. The van der Waals surface area contributed by atoms with Crippen LogP contribution in [0, 0.1) is 13.8 Å². The fourth-order valence-electron chi connectivity index (χ4n) is 3.53. The predicted molar refractivity (Wildman–Crippen MR) is 108 cm³/mol. The van der Waals surface area contributed by atoms with Crippen LogP contribution in [0.15, 0.2) is 18.2 Å². The molecule has 1 aromatic carbocycles. The van der Waals surface area contributed by atoms with Crippen molar-refractivity contribution in [3.8, 4) is 0 Å². The number of anilines is 1. The van der Waals surface area contributed by atoms with Crippen LogP contribution in [0.2, 0.25) is 0 Å². The number of likely N-dealkylation sites (N-methyl/N-ethyl adjacent to an activating group) is 1. The first-order valence-electron chi connectivity index (χ1n) is 9.84. The van der Waals surface area contributed by atoms with E-state index in [1.54, 1.807) is 23.8 Å². The zero-order valence-corrected chi connectivity index (χ0v) is 17.3. The average Bonchev–Trinajstić information content (AvgIpc) is 2.65. The minimum absolute atomic E-state index is 0.0794. The molecule has 1 fully saturated rings. The maximum absolute atomic E-state index is 12.7. The topological polar surface area (TPSA) is 79.0 Å². The van der Waals surface area contributed by atoms with Gasteiger partial charge in [0.1, 0.15) is 6.04 Å². The molecule has 1 aliphatic rings. The van der Waals surface area contributed by atoms with Crippen molar-refractivity contribution in [1.82, 2.24) is 9.80 Å². The van der Waals surface area contributed by atoms with Gasteiger partial charge in [-0.3, -0.25) is 14.5 Å². The van der Waals surface area contributed by atoms with Gasteiger partial charge < -0.3 is 15.0 Å². The summed E-state index contributed by atoms with van der Waals surface area (Å²) in [5, 5.41) is 2.93. The van der Waals surface area contributed by atoms with Crippen molar-refractivity contribution in [2.75, 3.05) is 38.6 Å². The number of ether oxygens (including phenoxy) is 1. The molecule has 0 spiro atoms. The molecule has 2 amide bonds. The lowest BCUT2D eigenvalue weighted by Gasteiger charge is -2.35. The van der Waals surface area contributed by atoms with Gasteiger partial charge in [0.05, 0.1) is 19.7 Å². The fourth-order valence-corrected chi connectivity index (χ4v) is 3.53. The van der Waals surface area contributed by atoms with Crippen LogP contribution in [0.1, 0.15) is 37.3 Å². The molecule has 0 radical (unpaired) electrons. The molecule has 154 valence electrons. The van der Waals surface area contributed by atoms with Gasteiger partial charge in [0.25, 0.3) is 0 Å². The van der Waals surface area contributed by atoms with E-state index in [1.807, 2.05) is 32.0 Å². The number of aryl methyl sites for hydroxylation is 2. The van der Waals surface area contributed by atoms with E-state index in [4.69, 9.17) is 4.74 Å². The third kappa shape index (κ3) is 5.79. The Kier molecular flexibility index (Phi) is 7.99. The quantitative estimate of drug-likeness (QED) is 0.723. The van der Waals surface area contributed by atoms with Crippen LogP contribution in [-0.4, -0.2) is 66.9 Å². The zero-order chi connectivity index (χ0) is 20.7. The van der Waals surface area contributed by atoms with E-state index in [-0.39, 0.29) is 30.9 Å². The lowest BCUT2D eigenvalue weighted by Crippen LogP contribution is -2.51. The highest BCUT2D eigenvalue weighted by molar-refractivity contribution is 5.94. The highest BCUT2D eigenvalue weighted by Gasteiger charge is 2.33. The van der Waals surface area contributed by atoms with Gasteiger partial charge >= 0.3 is 5.97 Å². The molecule has 28 heavy (non-hydrogen) atoms. The van der Waals surface area contributed by atoms with Gasteiger partial charge in [-0.1, -0.05) is 18.2 Å². The number of amides is 2. The van der Waals surface area contributed by atoms with Gasteiger partial charge in [-0.25, -0.2) is 4.79 Å². The van der Waals surface area contributed by atoms with E-state index < -0.39 is 6.04 Å². The summed E-state index contributed by atoms with van der Waals surface area (Å²) in [6.45, 7) is 6.67. The highest BCUT2D eigenvalue weighted by atomic mass is 16.5. The first-order valence-corrected chi connectivity index (χ1v) is 9.84. The number of hydrogen-bond donors (Lipinski definition) is 1. The number of nitrogens with one attached hydrogen (secondary N) is 1. The van der Waals surface area contributed by atoms with E-state index in [0.717, 1.165) is 29.7 Å². The molecule has 0 aliphatic carbocycles. The number of para-hydroxylation sites is 1. The number of esters is 1. The van der Waals surface area contributed by atoms with Gasteiger partial charge in [-0.2, -0.15) is 0 Å². The lowest BCUT2D eigenvalue weighted by atomic mass is 10.0. The summed E-state index contributed by atoms with van der Waals surface area (Å²) < 4.78 is 5.11. The summed E-state index contributed by atoms with van der Waals surface area (Å²) in [4.78, 5) is 40.5. The molecule has 0 aromatic heterocycles. The number of carbonyl (C=O) groups excluding carboxylic acids is 3. The Morgan fingerprint density at radius 2 is 1.86 bits per heavy atom. The van der Waals surface area contributed by atoms with Gasteiger partial charge in [0.2, 0.25) is 11.8 Å². The summed E-state index contributed by atoms with van der Waals surface area (Å²) >= 11 is 0. The molecule has 7 nitrogen and oxygen atoms in total. The third-order valence-electron chi connectivity index (χ3n) is 4.95. The zero-order valence-electron chi connectivity index (χ0n) is 17.3. The van der Waals surface area contributed by atoms with Gasteiger partial charge in [-0.05, 0) is 58.2 Å². The minimum Gasteiger partial charge on any atom is -0.464 e. The van der Waals surface area contributed by atoms with Crippen molar-refractivity contribution in [1.29, 1.82) is 0 Å². The Hall–Kier alpha value is -2.41. The maximum Gasteiger partial charge on any atom is 0.328 e.